The van der Waals surface area contributed by atoms with Gasteiger partial charge in [-0.2, -0.15) is 5.26 Å². The maximum Gasteiger partial charge on any atom is 0.263 e. The number of rotatable bonds is 5. The first-order valence-electron chi connectivity index (χ1n) is 6.31. The van der Waals surface area contributed by atoms with Crippen LogP contribution in [0.1, 0.15) is 0 Å². The molecule has 0 unspecified atom stereocenters. The zero-order valence-corrected chi connectivity index (χ0v) is 11.9. The number of amides is 1. The first-order chi connectivity index (χ1) is 10.3. The number of hydrogen-bond donors (Lipinski definition) is 2. The summed E-state index contributed by atoms with van der Waals surface area (Å²) in [5, 5.41) is 15.5. The molecule has 2 aromatic rings. The van der Waals surface area contributed by atoms with Gasteiger partial charge in [-0.1, -0.05) is 18.2 Å². The van der Waals surface area contributed by atoms with Crippen LogP contribution in [0.5, 0.6) is 0 Å². The zero-order valence-electron chi connectivity index (χ0n) is 11.1. The maximum atomic E-state index is 11.7. The van der Waals surface area contributed by atoms with Gasteiger partial charge >= 0.3 is 0 Å². The van der Waals surface area contributed by atoms with E-state index in [0.29, 0.717) is 12.4 Å². The van der Waals surface area contributed by atoms with Crippen molar-refractivity contribution in [3.63, 3.8) is 0 Å². The molecule has 1 aromatic heterocycles. The number of anilines is 1. The van der Waals surface area contributed by atoms with Crippen LogP contribution in [0.3, 0.4) is 0 Å². The Bertz CT molecular complexity index is 716. The van der Waals surface area contributed by atoms with Crippen LogP contribution in [-0.2, 0) is 4.79 Å². The van der Waals surface area contributed by atoms with E-state index >= 15 is 0 Å². The summed E-state index contributed by atoms with van der Waals surface area (Å²) in [7, 11) is 0. The van der Waals surface area contributed by atoms with Crippen LogP contribution >= 0.6 is 11.6 Å². The minimum absolute atomic E-state index is 0.0203. The van der Waals surface area contributed by atoms with Gasteiger partial charge in [-0.3, -0.25) is 9.78 Å². The molecule has 0 spiro atoms. The summed E-state index contributed by atoms with van der Waals surface area (Å²) in [5.74, 6) is -0.163. The number of fused-ring (bicyclic) bond motifs is 1. The highest BCUT2D eigenvalue weighted by Crippen LogP contribution is 2.20. The molecule has 1 amide bonds. The van der Waals surface area contributed by atoms with Gasteiger partial charge in [-0.25, -0.2) is 0 Å². The summed E-state index contributed by atoms with van der Waals surface area (Å²) in [6, 6.07) is 11.3. The van der Waals surface area contributed by atoms with Gasteiger partial charge in [0.25, 0.3) is 5.91 Å². The molecule has 2 rings (SSSR count). The summed E-state index contributed by atoms with van der Waals surface area (Å²) in [5.41, 5.74) is 1.48. The molecule has 0 bridgehead atoms. The van der Waals surface area contributed by atoms with E-state index in [0.717, 1.165) is 16.6 Å². The van der Waals surface area contributed by atoms with E-state index in [1.807, 2.05) is 36.4 Å². The van der Waals surface area contributed by atoms with Crippen molar-refractivity contribution in [1.29, 1.82) is 5.26 Å². The fourth-order valence-corrected chi connectivity index (χ4v) is 1.87. The number of carbonyl (C=O) groups is 1. The Morgan fingerprint density at radius 1 is 1.38 bits per heavy atom. The molecule has 106 valence electrons. The van der Waals surface area contributed by atoms with E-state index in [4.69, 9.17) is 16.9 Å². The summed E-state index contributed by atoms with van der Waals surface area (Å²) in [4.78, 5) is 16.0. The number of hydrogen-bond acceptors (Lipinski definition) is 4. The van der Waals surface area contributed by atoms with Crippen LogP contribution in [0.4, 0.5) is 5.69 Å². The fourth-order valence-electron chi connectivity index (χ4n) is 1.78. The minimum atomic E-state index is -0.459. The van der Waals surface area contributed by atoms with Crippen molar-refractivity contribution in [2.45, 2.75) is 0 Å². The summed E-state index contributed by atoms with van der Waals surface area (Å²) < 4.78 is 0. The Hall–Kier alpha value is -2.58. The number of halogens is 1. The predicted molar refractivity (Wildman–Crippen MR) is 82.8 cm³/mol. The zero-order chi connectivity index (χ0) is 15.1. The number of alkyl halides is 1. The molecule has 0 aliphatic heterocycles. The Morgan fingerprint density at radius 3 is 2.95 bits per heavy atom. The molecule has 0 atom stereocenters. The topological polar surface area (TPSA) is 77.8 Å². The van der Waals surface area contributed by atoms with Gasteiger partial charge in [0.15, 0.2) is 0 Å². The van der Waals surface area contributed by atoms with Crippen molar-refractivity contribution >= 4 is 34.1 Å². The highest BCUT2D eigenvalue weighted by Gasteiger charge is 2.08. The number of para-hydroxylation sites is 1. The fraction of sp³-hybridized carbons (Fsp3) is 0.133. The van der Waals surface area contributed by atoms with E-state index < -0.39 is 5.91 Å². The lowest BCUT2D eigenvalue weighted by Gasteiger charge is -2.06. The number of benzene rings is 1. The number of aromatic nitrogens is 1. The van der Waals surface area contributed by atoms with Crippen molar-refractivity contribution in [3.05, 3.63) is 48.3 Å². The van der Waals surface area contributed by atoms with E-state index in [1.165, 1.54) is 6.20 Å². The van der Waals surface area contributed by atoms with E-state index in [-0.39, 0.29) is 5.57 Å². The molecule has 1 heterocycles. The molecule has 0 fully saturated rings. The second kappa shape index (κ2) is 7.27. The smallest absolute Gasteiger partial charge is 0.263 e. The van der Waals surface area contributed by atoms with Crippen LogP contribution in [0, 0.1) is 11.3 Å². The summed E-state index contributed by atoms with van der Waals surface area (Å²) in [6.45, 7) is 0.315. The quantitative estimate of drug-likeness (QED) is 0.505. The van der Waals surface area contributed by atoms with E-state index in [2.05, 4.69) is 15.6 Å². The van der Waals surface area contributed by atoms with Crippen LogP contribution < -0.4 is 10.6 Å². The molecule has 0 aliphatic rings. The van der Waals surface area contributed by atoms with Crippen LogP contribution in [-0.4, -0.2) is 23.3 Å². The molecule has 0 saturated heterocycles. The number of nitrogens with one attached hydrogen (secondary N) is 2. The van der Waals surface area contributed by atoms with E-state index in [9.17, 15) is 4.79 Å². The van der Waals surface area contributed by atoms with Gasteiger partial charge in [0.1, 0.15) is 11.6 Å². The van der Waals surface area contributed by atoms with Gasteiger partial charge in [0, 0.05) is 30.2 Å². The number of nitrogens with zero attached hydrogens (tertiary/aromatic N) is 2. The highest BCUT2D eigenvalue weighted by atomic mass is 35.5. The predicted octanol–water partition coefficient (Wildman–Crippen LogP) is 2.41. The molecule has 21 heavy (non-hydrogen) atoms. The lowest BCUT2D eigenvalue weighted by molar-refractivity contribution is -0.117. The first-order valence-corrected chi connectivity index (χ1v) is 6.84. The molecule has 0 radical (unpaired) electrons. The van der Waals surface area contributed by atoms with Crippen LogP contribution in [0.25, 0.3) is 10.9 Å². The largest absolute Gasteiger partial charge is 0.358 e. The van der Waals surface area contributed by atoms with Crippen molar-refractivity contribution in [3.8, 4) is 6.07 Å². The molecule has 1 aromatic carbocycles. The van der Waals surface area contributed by atoms with Gasteiger partial charge < -0.3 is 10.6 Å². The SMILES string of the molecule is N#C/C(=C/Nc1cccc2cccnc12)C(=O)NCCCl. The lowest BCUT2D eigenvalue weighted by atomic mass is 10.2. The minimum Gasteiger partial charge on any atom is -0.358 e. The highest BCUT2D eigenvalue weighted by molar-refractivity contribution is 6.18. The van der Waals surface area contributed by atoms with E-state index in [1.54, 1.807) is 6.20 Å². The number of nitriles is 1. The Balaban J connectivity index is 2.21. The molecule has 5 nitrogen and oxygen atoms in total. The lowest BCUT2D eigenvalue weighted by Crippen LogP contribution is -2.26. The normalized spacial score (nSPS) is 11.0. The number of carbonyl (C=O) groups excluding carboxylic acids is 1. The van der Waals surface area contributed by atoms with Gasteiger partial charge in [0.2, 0.25) is 0 Å². The third-order valence-corrected chi connectivity index (χ3v) is 2.94. The van der Waals surface area contributed by atoms with Crippen LogP contribution in [0.2, 0.25) is 0 Å². The molecule has 0 aliphatic carbocycles. The number of pyridine rings is 1. The molecule has 2 N–H and O–H groups in total. The van der Waals surface area contributed by atoms with Gasteiger partial charge in [0.05, 0.1) is 11.2 Å². The van der Waals surface area contributed by atoms with Crippen molar-refractivity contribution in [1.82, 2.24) is 10.3 Å². The maximum absolute atomic E-state index is 11.7. The Kier molecular flexibility index (Phi) is 5.13. The standard InChI is InChI=1S/C15H13ClN4O/c16-6-8-19-15(21)12(9-17)10-20-13-5-1-3-11-4-2-7-18-14(11)13/h1-5,7,10,20H,6,8H2,(H,19,21)/b12-10-. The molecular formula is C15H13ClN4O. The first kappa shape index (κ1) is 14.8. The molecule has 6 heteroatoms. The Morgan fingerprint density at radius 2 is 2.19 bits per heavy atom. The monoisotopic (exact) mass is 300 g/mol. The van der Waals surface area contributed by atoms with Crippen molar-refractivity contribution < 1.29 is 4.79 Å². The summed E-state index contributed by atoms with van der Waals surface area (Å²) >= 11 is 5.49. The third-order valence-electron chi connectivity index (χ3n) is 2.75. The molecule has 0 saturated carbocycles. The Labute approximate surface area is 127 Å². The third kappa shape index (κ3) is 3.71. The average molecular weight is 301 g/mol. The second-order valence-corrected chi connectivity index (χ2v) is 4.52. The average Bonchev–Trinajstić information content (AvgIpc) is 2.53. The van der Waals surface area contributed by atoms with Crippen molar-refractivity contribution in [2.24, 2.45) is 0 Å². The summed E-state index contributed by atoms with van der Waals surface area (Å²) in [6.07, 6.45) is 3.06. The second-order valence-electron chi connectivity index (χ2n) is 4.14. The van der Waals surface area contributed by atoms with Crippen molar-refractivity contribution in [2.75, 3.05) is 17.7 Å². The molecular weight excluding hydrogens is 288 g/mol. The van der Waals surface area contributed by atoms with Crippen LogP contribution in [0.15, 0.2) is 48.3 Å². The van der Waals surface area contributed by atoms with Gasteiger partial charge in [-0.05, 0) is 12.1 Å². The van der Waals surface area contributed by atoms with Gasteiger partial charge in [-0.15, -0.1) is 11.6 Å².